The summed E-state index contributed by atoms with van der Waals surface area (Å²) in [5.41, 5.74) is 4.89. The molecule has 0 spiro atoms. The normalized spacial score (nSPS) is 11.1. The van der Waals surface area contributed by atoms with Gasteiger partial charge in [-0.05, 0) is 30.9 Å². The van der Waals surface area contributed by atoms with Gasteiger partial charge in [0.1, 0.15) is 11.5 Å². The van der Waals surface area contributed by atoms with E-state index in [0.29, 0.717) is 12.4 Å². The van der Waals surface area contributed by atoms with Crippen molar-refractivity contribution in [1.82, 2.24) is 9.55 Å². The Labute approximate surface area is 153 Å². The minimum absolute atomic E-state index is 0.0118. The van der Waals surface area contributed by atoms with Crippen LogP contribution in [0.3, 0.4) is 0 Å². The average molecular weight is 368 g/mol. The van der Waals surface area contributed by atoms with E-state index in [1.165, 1.54) is 11.3 Å². The van der Waals surface area contributed by atoms with Gasteiger partial charge in [-0.25, -0.2) is 4.98 Å². The minimum atomic E-state index is 0.0118. The summed E-state index contributed by atoms with van der Waals surface area (Å²) in [6.45, 7) is 4.35. The fourth-order valence-corrected chi connectivity index (χ4v) is 4.17. The molecule has 0 aliphatic heterocycles. The van der Waals surface area contributed by atoms with Gasteiger partial charge in [-0.3, -0.25) is 9.36 Å². The van der Waals surface area contributed by atoms with Gasteiger partial charge < -0.3 is 4.42 Å². The van der Waals surface area contributed by atoms with E-state index in [9.17, 15) is 4.79 Å². The standard InChI is InChI=1S/C19H16N2O2S2/c1-12-5-3-4-6-15(12)17-11-25-19(22)21(17)9-16-13(2)23-18(20-16)14-7-8-24-10-14/h3-8,10-11H,9H2,1-2H3. The molecule has 4 rings (SSSR count). The Morgan fingerprint density at radius 1 is 1.16 bits per heavy atom. The first-order valence-electron chi connectivity index (χ1n) is 7.86. The van der Waals surface area contributed by atoms with Gasteiger partial charge >= 0.3 is 4.87 Å². The van der Waals surface area contributed by atoms with E-state index in [-0.39, 0.29) is 4.87 Å². The molecule has 0 saturated heterocycles. The number of rotatable bonds is 4. The molecule has 0 aliphatic rings. The number of oxazole rings is 1. The Morgan fingerprint density at radius 3 is 2.76 bits per heavy atom. The van der Waals surface area contributed by atoms with Gasteiger partial charge in [-0.15, -0.1) is 0 Å². The monoisotopic (exact) mass is 368 g/mol. The number of benzene rings is 1. The number of aryl methyl sites for hydroxylation is 2. The Balaban J connectivity index is 1.74. The first-order chi connectivity index (χ1) is 12.1. The highest BCUT2D eigenvalue weighted by Crippen LogP contribution is 2.27. The third-order valence-electron chi connectivity index (χ3n) is 4.17. The molecule has 0 N–H and O–H groups in total. The molecule has 6 heteroatoms. The lowest BCUT2D eigenvalue weighted by atomic mass is 10.1. The molecule has 25 heavy (non-hydrogen) atoms. The Kier molecular flexibility index (Phi) is 4.15. The van der Waals surface area contributed by atoms with Crippen LogP contribution >= 0.6 is 22.7 Å². The van der Waals surface area contributed by atoms with Crippen LogP contribution in [0.25, 0.3) is 22.7 Å². The van der Waals surface area contributed by atoms with Gasteiger partial charge in [0.15, 0.2) is 0 Å². The Hall–Kier alpha value is -2.44. The molecule has 0 unspecified atom stereocenters. The highest BCUT2D eigenvalue weighted by atomic mass is 32.1. The predicted molar refractivity (Wildman–Crippen MR) is 102 cm³/mol. The second-order valence-corrected chi connectivity index (χ2v) is 7.42. The molecule has 0 atom stereocenters. The first-order valence-corrected chi connectivity index (χ1v) is 9.69. The lowest BCUT2D eigenvalue weighted by Crippen LogP contribution is -2.16. The van der Waals surface area contributed by atoms with Gasteiger partial charge in [0.05, 0.1) is 12.2 Å². The molecule has 0 fully saturated rings. The Bertz CT molecular complexity index is 1070. The first kappa shape index (κ1) is 16.1. The molecule has 0 aliphatic carbocycles. The van der Waals surface area contributed by atoms with Crippen molar-refractivity contribution in [2.45, 2.75) is 20.4 Å². The van der Waals surface area contributed by atoms with Gasteiger partial charge in [0.25, 0.3) is 0 Å². The summed E-state index contributed by atoms with van der Waals surface area (Å²) < 4.78 is 7.57. The van der Waals surface area contributed by atoms with Crippen molar-refractivity contribution in [3.05, 3.63) is 73.2 Å². The number of aromatic nitrogens is 2. The van der Waals surface area contributed by atoms with Gasteiger partial charge in [-0.1, -0.05) is 35.6 Å². The summed E-state index contributed by atoms with van der Waals surface area (Å²) in [6, 6.07) is 10.1. The summed E-state index contributed by atoms with van der Waals surface area (Å²) in [5, 5.41) is 5.92. The number of nitrogens with zero attached hydrogens (tertiary/aromatic N) is 2. The number of thiazole rings is 1. The van der Waals surface area contributed by atoms with Crippen LogP contribution in [-0.4, -0.2) is 9.55 Å². The second-order valence-electron chi connectivity index (χ2n) is 5.82. The van der Waals surface area contributed by atoms with Crippen molar-refractivity contribution in [3.63, 3.8) is 0 Å². The minimum Gasteiger partial charge on any atom is -0.441 e. The van der Waals surface area contributed by atoms with Crippen LogP contribution in [0.15, 0.2) is 55.7 Å². The van der Waals surface area contributed by atoms with Crippen molar-refractivity contribution < 1.29 is 4.42 Å². The lowest BCUT2D eigenvalue weighted by Gasteiger charge is -2.09. The maximum atomic E-state index is 12.4. The molecule has 3 heterocycles. The van der Waals surface area contributed by atoms with Crippen LogP contribution in [0.2, 0.25) is 0 Å². The van der Waals surface area contributed by atoms with Crippen LogP contribution in [0, 0.1) is 13.8 Å². The zero-order chi connectivity index (χ0) is 17.4. The molecule has 4 nitrogen and oxygen atoms in total. The van der Waals surface area contributed by atoms with E-state index in [1.807, 2.05) is 47.3 Å². The molecule has 0 saturated carbocycles. The van der Waals surface area contributed by atoms with Crippen molar-refractivity contribution in [1.29, 1.82) is 0 Å². The quantitative estimate of drug-likeness (QED) is 0.511. The third kappa shape index (κ3) is 2.99. The molecule has 126 valence electrons. The van der Waals surface area contributed by atoms with Crippen molar-refractivity contribution in [2.24, 2.45) is 0 Å². The van der Waals surface area contributed by atoms with Crippen molar-refractivity contribution >= 4 is 22.7 Å². The van der Waals surface area contributed by atoms with Crippen LogP contribution in [0.1, 0.15) is 17.0 Å². The molecular weight excluding hydrogens is 352 g/mol. The maximum absolute atomic E-state index is 12.4. The predicted octanol–water partition coefficient (Wildman–Crippen LogP) is 4.96. The molecule has 1 aromatic carbocycles. The lowest BCUT2D eigenvalue weighted by molar-refractivity contribution is 0.538. The SMILES string of the molecule is Cc1ccccc1-c1csc(=O)n1Cc1nc(-c2ccsc2)oc1C. The molecule has 0 bridgehead atoms. The summed E-state index contributed by atoms with van der Waals surface area (Å²) >= 11 is 2.82. The summed E-state index contributed by atoms with van der Waals surface area (Å²) in [4.78, 5) is 17.0. The smallest absolute Gasteiger partial charge is 0.307 e. The molecule has 0 radical (unpaired) electrons. The fourth-order valence-electron chi connectivity index (χ4n) is 2.78. The molecule has 3 aromatic heterocycles. The highest BCUT2D eigenvalue weighted by Gasteiger charge is 2.16. The van der Waals surface area contributed by atoms with Crippen molar-refractivity contribution in [3.8, 4) is 22.7 Å². The van der Waals surface area contributed by atoms with Gasteiger partial charge in [0, 0.05) is 21.9 Å². The fraction of sp³-hybridized carbons (Fsp3) is 0.158. The zero-order valence-electron chi connectivity index (χ0n) is 13.9. The second kappa shape index (κ2) is 6.46. The number of hydrogen-bond donors (Lipinski definition) is 0. The van der Waals surface area contributed by atoms with E-state index in [0.717, 1.165) is 33.8 Å². The van der Waals surface area contributed by atoms with Crippen LogP contribution in [0.5, 0.6) is 0 Å². The van der Waals surface area contributed by atoms with E-state index >= 15 is 0 Å². The summed E-state index contributed by atoms with van der Waals surface area (Å²) in [5.74, 6) is 1.35. The number of hydrogen-bond acceptors (Lipinski definition) is 5. The molecule has 0 amide bonds. The van der Waals surface area contributed by atoms with Crippen LogP contribution in [0.4, 0.5) is 0 Å². The molecular formula is C19H16N2O2S2. The highest BCUT2D eigenvalue weighted by molar-refractivity contribution is 7.08. The largest absolute Gasteiger partial charge is 0.441 e. The van der Waals surface area contributed by atoms with E-state index in [1.54, 1.807) is 15.9 Å². The van der Waals surface area contributed by atoms with E-state index in [4.69, 9.17) is 4.42 Å². The summed E-state index contributed by atoms with van der Waals surface area (Å²) in [6.07, 6.45) is 0. The Morgan fingerprint density at radius 2 is 2.00 bits per heavy atom. The number of thiophene rings is 1. The van der Waals surface area contributed by atoms with Gasteiger partial charge in [-0.2, -0.15) is 11.3 Å². The van der Waals surface area contributed by atoms with Crippen molar-refractivity contribution in [2.75, 3.05) is 0 Å². The van der Waals surface area contributed by atoms with Crippen LogP contribution < -0.4 is 4.87 Å². The average Bonchev–Trinajstić information content (AvgIpc) is 3.31. The zero-order valence-corrected chi connectivity index (χ0v) is 15.5. The topological polar surface area (TPSA) is 48.0 Å². The maximum Gasteiger partial charge on any atom is 0.307 e. The van der Waals surface area contributed by atoms with E-state index < -0.39 is 0 Å². The van der Waals surface area contributed by atoms with Gasteiger partial charge in [0.2, 0.25) is 5.89 Å². The molecule has 4 aromatic rings. The van der Waals surface area contributed by atoms with E-state index in [2.05, 4.69) is 18.0 Å². The summed E-state index contributed by atoms with van der Waals surface area (Å²) in [7, 11) is 0. The van der Waals surface area contributed by atoms with Crippen LogP contribution in [-0.2, 0) is 6.54 Å². The third-order valence-corrected chi connectivity index (χ3v) is 5.62.